The van der Waals surface area contributed by atoms with E-state index in [0.29, 0.717) is 62.9 Å². The lowest BCUT2D eigenvalue weighted by molar-refractivity contribution is -0.699. The van der Waals surface area contributed by atoms with Crippen molar-refractivity contribution in [2.75, 3.05) is 20.3 Å². The molecule has 0 spiro atoms. The van der Waals surface area contributed by atoms with Gasteiger partial charge in [-0.15, -0.1) is 0 Å². The van der Waals surface area contributed by atoms with Crippen molar-refractivity contribution < 1.29 is 40.0 Å². The number of Topliss-reactive ketones (excluding diaryl/α,β-unsaturated/α-hetero) is 1. The smallest absolute Gasteiger partial charge is 0.138 e. The van der Waals surface area contributed by atoms with Gasteiger partial charge in [0.1, 0.15) is 18.1 Å². The molecule has 220 valence electrons. The number of carbonyl (C=O) groups excluding carboxylic acids is 1. The molecule has 0 radical (unpaired) electrons. The van der Waals surface area contributed by atoms with Crippen molar-refractivity contribution in [2.24, 2.45) is 35.3 Å². The Morgan fingerprint density at radius 2 is 1.87 bits per heavy atom. The van der Waals surface area contributed by atoms with Crippen molar-refractivity contribution in [3.05, 3.63) is 0 Å². The number of aliphatic hydroxyl groups excluding tert-OH is 4. The summed E-state index contributed by atoms with van der Waals surface area (Å²) in [5.74, 6) is 0.887. The topological polar surface area (TPSA) is 159 Å². The molecule has 0 aromatic rings. The number of rotatable bonds is 11. The Bertz CT molecular complexity index is 742. The first kappa shape index (κ1) is 30.3. The van der Waals surface area contributed by atoms with Crippen LogP contribution in [0.25, 0.3) is 0 Å². The molecular formula is C29H53N2O7+. The molecule has 12 atom stereocenters. The maximum atomic E-state index is 13.6. The van der Waals surface area contributed by atoms with Gasteiger partial charge in [-0.3, -0.25) is 10.5 Å². The average Bonchev–Trinajstić information content (AvgIpc) is 2.91. The first-order valence-corrected chi connectivity index (χ1v) is 15.2. The van der Waals surface area contributed by atoms with E-state index in [9.17, 15) is 25.2 Å². The van der Waals surface area contributed by atoms with Gasteiger partial charge in [0.25, 0.3) is 0 Å². The highest BCUT2D eigenvalue weighted by Gasteiger charge is 2.42. The van der Waals surface area contributed by atoms with E-state index in [1.165, 1.54) is 0 Å². The Balaban J connectivity index is 1.35. The third kappa shape index (κ3) is 7.75. The van der Waals surface area contributed by atoms with Crippen molar-refractivity contribution in [2.45, 2.75) is 126 Å². The molecule has 4 aliphatic rings. The normalized spacial score (nSPS) is 41.7. The van der Waals surface area contributed by atoms with Gasteiger partial charge in [-0.05, 0) is 94.3 Å². The number of methoxy groups -OCH3 is 1. The van der Waals surface area contributed by atoms with Crippen LogP contribution in [0.1, 0.15) is 83.5 Å². The second kappa shape index (κ2) is 14.3. The summed E-state index contributed by atoms with van der Waals surface area (Å²) in [5.41, 5.74) is 6.20. The summed E-state index contributed by atoms with van der Waals surface area (Å²) in [6.07, 6.45) is 6.59. The number of fused-ring (bicyclic) bond motifs is 1. The highest BCUT2D eigenvalue weighted by atomic mass is 16.5. The molecule has 2 aliphatic heterocycles. The fraction of sp³-hybridized carbons (Fsp3) is 0.966. The van der Waals surface area contributed by atoms with E-state index in [1.807, 2.05) is 0 Å². The van der Waals surface area contributed by atoms with E-state index >= 15 is 0 Å². The maximum Gasteiger partial charge on any atom is 0.138 e. The Kier molecular flexibility index (Phi) is 11.4. The van der Waals surface area contributed by atoms with Crippen molar-refractivity contribution in [3.63, 3.8) is 0 Å². The SMILES string of the molecule is COC1CC(CCC(=O)C(CC2CC[NH2+]C(N)C2)C(O)CCC2CCC(O)C3OCCCC23)CC(O)C1O. The Hall–Kier alpha value is -0.650. The minimum absolute atomic E-state index is 0.0553. The molecule has 0 aromatic carbocycles. The van der Waals surface area contributed by atoms with Gasteiger partial charge in [0.05, 0.1) is 37.1 Å². The van der Waals surface area contributed by atoms with Gasteiger partial charge in [-0.1, -0.05) is 0 Å². The number of hydrogen-bond donors (Lipinski definition) is 6. The Morgan fingerprint density at radius 1 is 1.05 bits per heavy atom. The van der Waals surface area contributed by atoms with Crippen molar-refractivity contribution in [1.29, 1.82) is 0 Å². The number of ether oxygens (including phenoxy) is 2. The van der Waals surface area contributed by atoms with Gasteiger partial charge in [-0.2, -0.15) is 0 Å². The summed E-state index contributed by atoms with van der Waals surface area (Å²) in [6.45, 7) is 1.67. The first-order chi connectivity index (χ1) is 18.3. The fourth-order valence-corrected chi connectivity index (χ4v) is 7.95. The molecule has 8 N–H and O–H groups in total. The standard InChI is InChI=1S/C29H52N2O7/c1-37-26-15-17(14-25(35)28(26)36)4-7-22(32)21(13-18-10-11-31-27(30)16-18)23(33)8-5-19-6-9-24(34)29-20(19)3-2-12-38-29/h17-21,23-29,31,33-36H,2-16,30H2,1H3/p+1. The number of carbonyl (C=O) groups is 1. The van der Waals surface area contributed by atoms with E-state index in [2.05, 4.69) is 5.32 Å². The zero-order valence-corrected chi connectivity index (χ0v) is 23.2. The van der Waals surface area contributed by atoms with Gasteiger partial charge in [0, 0.05) is 32.5 Å². The molecule has 2 saturated heterocycles. The molecule has 9 heteroatoms. The van der Waals surface area contributed by atoms with Crippen LogP contribution in [0, 0.1) is 29.6 Å². The van der Waals surface area contributed by atoms with Crippen molar-refractivity contribution in [3.8, 4) is 0 Å². The minimum Gasteiger partial charge on any atom is -0.392 e. The van der Waals surface area contributed by atoms with Crippen LogP contribution in [0.15, 0.2) is 0 Å². The summed E-state index contributed by atoms with van der Waals surface area (Å²) < 4.78 is 11.3. The zero-order chi connectivity index (χ0) is 27.2. The molecule has 38 heavy (non-hydrogen) atoms. The van der Waals surface area contributed by atoms with E-state index in [-0.39, 0.29) is 30.1 Å². The number of nitrogens with two attached hydrogens (primary N) is 2. The Morgan fingerprint density at radius 3 is 2.63 bits per heavy atom. The summed E-state index contributed by atoms with van der Waals surface area (Å²) >= 11 is 0. The number of ketones is 1. The number of piperidine rings is 1. The van der Waals surface area contributed by atoms with Gasteiger partial charge in [0.15, 0.2) is 0 Å². The lowest BCUT2D eigenvalue weighted by atomic mass is 9.70. The van der Waals surface area contributed by atoms with Gasteiger partial charge >= 0.3 is 0 Å². The van der Waals surface area contributed by atoms with E-state index in [0.717, 1.165) is 51.5 Å². The molecule has 12 unspecified atom stereocenters. The van der Waals surface area contributed by atoms with Crippen LogP contribution in [0.3, 0.4) is 0 Å². The van der Waals surface area contributed by atoms with E-state index in [1.54, 1.807) is 7.11 Å². The first-order valence-electron chi connectivity index (χ1n) is 15.2. The highest BCUT2D eigenvalue weighted by Crippen LogP contribution is 2.41. The number of hydrogen-bond acceptors (Lipinski definition) is 8. The van der Waals surface area contributed by atoms with E-state index in [4.69, 9.17) is 15.2 Å². The summed E-state index contributed by atoms with van der Waals surface area (Å²) in [4.78, 5) is 13.6. The van der Waals surface area contributed by atoms with E-state index < -0.39 is 30.3 Å². The molecular weight excluding hydrogens is 488 g/mol. The second-order valence-corrected chi connectivity index (χ2v) is 12.8. The van der Waals surface area contributed by atoms with Crippen molar-refractivity contribution in [1.82, 2.24) is 0 Å². The third-order valence-corrected chi connectivity index (χ3v) is 10.2. The molecule has 9 nitrogen and oxygen atoms in total. The minimum atomic E-state index is -0.885. The fourth-order valence-electron chi connectivity index (χ4n) is 7.95. The van der Waals surface area contributed by atoms with Crippen LogP contribution in [0.2, 0.25) is 0 Å². The van der Waals surface area contributed by atoms with Crippen LogP contribution in [0.5, 0.6) is 0 Å². The largest absolute Gasteiger partial charge is 0.392 e. The molecule has 2 heterocycles. The van der Waals surface area contributed by atoms with Crippen LogP contribution in [-0.2, 0) is 14.3 Å². The average molecular weight is 542 g/mol. The molecule has 0 amide bonds. The quantitative estimate of drug-likeness (QED) is 0.220. The maximum absolute atomic E-state index is 13.6. The predicted molar refractivity (Wildman–Crippen MR) is 142 cm³/mol. The highest BCUT2D eigenvalue weighted by molar-refractivity contribution is 5.81. The van der Waals surface area contributed by atoms with Crippen molar-refractivity contribution >= 4 is 5.78 Å². The van der Waals surface area contributed by atoms with Crippen LogP contribution in [-0.4, -0.2) is 89.3 Å². The number of aliphatic hydroxyl groups is 4. The lowest BCUT2D eigenvalue weighted by Crippen LogP contribution is -2.94. The summed E-state index contributed by atoms with van der Waals surface area (Å²) in [7, 11) is 1.54. The molecule has 4 fully saturated rings. The molecule has 4 rings (SSSR count). The van der Waals surface area contributed by atoms with Gasteiger partial charge < -0.3 is 35.2 Å². The third-order valence-electron chi connectivity index (χ3n) is 10.2. The molecule has 2 aliphatic carbocycles. The van der Waals surface area contributed by atoms with Crippen LogP contribution in [0.4, 0.5) is 0 Å². The predicted octanol–water partition coefficient (Wildman–Crippen LogP) is 0.454. The van der Waals surface area contributed by atoms with Gasteiger partial charge in [0.2, 0.25) is 0 Å². The lowest BCUT2D eigenvalue weighted by Gasteiger charge is -2.44. The van der Waals surface area contributed by atoms with Crippen LogP contribution >= 0.6 is 0 Å². The Labute approximate surface area is 227 Å². The summed E-state index contributed by atoms with van der Waals surface area (Å²) in [6, 6.07) is 0. The molecule has 0 bridgehead atoms. The zero-order valence-electron chi connectivity index (χ0n) is 23.2. The van der Waals surface area contributed by atoms with Gasteiger partial charge in [-0.25, -0.2) is 0 Å². The summed E-state index contributed by atoms with van der Waals surface area (Å²) in [5, 5.41) is 44.4. The second-order valence-electron chi connectivity index (χ2n) is 12.8. The monoisotopic (exact) mass is 541 g/mol. The van der Waals surface area contributed by atoms with Crippen LogP contribution < -0.4 is 11.1 Å². The number of quaternary nitrogens is 1. The molecule has 0 aromatic heterocycles. The molecule has 2 saturated carbocycles.